The lowest BCUT2D eigenvalue weighted by molar-refractivity contribution is 0.0905. The number of hydrogen-bond acceptors (Lipinski definition) is 5. The van der Waals surface area contributed by atoms with Gasteiger partial charge >= 0.3 is 0 Å². The Hall–Kier alpha value is -3.74. The molecule has 2 heterocycles. The van der Waals surface area contributed by atoms with Crippen LogP contribution in [-0.2, 0) is 0 Å². The standard InChI is InChI=1S/C22H21N5O2/c1-13-4-8-16(9-5-13)22(29)25-19-20(24-17-10-6-14(2)7-11-17)26-27-18(28)12-15(3)23-21(19)27/h4-11H,12H2,1-3H3,(H,24,26)(H,25,29). The van der Waals surface area contributed by atoms with E-state index in [9.17, 15) is 9.59 Å². The Morgan fingerprint density at radius 2 is 1.59 bits per heavy atom. The maximum absolute atomic E-state index is 12.8. The zero-order valence-electron chi connectivity index (χ0n) is 16.5. The second kappa shape index (κ2) is 7.35. The number of fused-ring (bicyclic) bond motifs is 1. The average Bonchev–Trinajstić information content (AvgIpc) is 3.02. The van der Waals surface area contributed by atoms with Crippen LogP contribution >= 0.6 is 0 Å². The number of amides is 1. The van der Waals surface area contributed by atoms with E-state index in [0.717, 1.165) is 16.8 Å². The summed E-state index contributed by atoms with van der Waals surface area (Å²) in [5.74, 6) is 0.221. The number of hydrogen-bond donors (Lipinski definition) is 2. The number of aromatic nitrogens is 2. The van der Waals surface area contributed by atoms with E-state index >= 15 is 0 Å². The molecule has 0 radical (unpaired) electrons. The summed E-state index contributed by atoms with van der Waals surface area (Å²) in [4.78, 5) is 29.7. The van der Waals surface area contributed by atoms with Crippen molar-refractivity contribution in [2.45, 2.75) is 27.2 Å². The molecule has 0 bridgehead atoms. The maximum Gasteiger partial charge on any atom is 0.255 e. The van der Waals surface area contributed by atoms with Gasteiger partial charge in [0.2, 0.25) is 0 Å². The summed E-state index contributed by atoms with van der Waals surface area (Å²) in [5, 5.41) is 10.5. The fourth-order valence-corrected chi connectivity index (χ4v) is 3.07. The highest BCUT2D eigenvalue weighted by Gasteiger charge is 2.27. The zero-order valence-corrected chi connectivity index (χ0v) is 16.5. The summed E-state index contributed by atoms with van der Waals surface area (Å²) < 4.78 is 1.24. The molecule has 0 atom stereocenters. The topological polar surface area (TPSA) is 88.4 Å². The third-order valence-electron chi connectivity index (χ3n) is 4.67. The number of rotatable bonds is 4. The van der Waals surface area contributed by atoms with Crippen molar-refractivity contribution in [3.63, 3.8) is 0 Å². The molecule has 3 aromatic rings. The summed E-state index contributed by atoms with van der Waals surface area (Å²) in [5.41, 5.74) is 4.56. The third kappa shape index (κ3) is 3.80. The largest absolute Gasteiger partial charge is 0.337 e. The predicted octanol–water partition coefficient (Wildman–Crippen LogP) is 4.63. The van der Waals surface area contributed by atoms with E-state index in [1.54, 1.807) is 19.1 Å². The van der Waals surface area contributed by atoms with Gasteiger partial charge in [0.15, 0.2) is 11.6 Å². The first-order chi connectivity index (χ1) is 13.9. The van der Waals surface area contributed by atoms with Gasteiger partial charge in [-0.1, -0.05) is 35.4 Å². The molecular weight excluding hydrogens is 366 g/mol. The molecule has 0 fully saturated rings. The van der Waals surface area contributed by atoms with E-state index < -0.39 is 0 Å². The van der Waals surface area contributed by atoms with Gasteiger partial charge in [-0.15, -0.1) is 5.10 Å². The van der Waals surface area contributed by atoms with E-state index in [1.807, 2.05) is 50.2 Å². The van der Waals surface area contributed by atoms with Crippen LogP contribution in [0, 0.1) is 13.8 Å². The van der Waals surface area contributed by atoms with Crippen molar-refractivity contribution in [3.8, 4) is 0 Å². The van der Waals surface area contributed by atoms with Crippen molar-refractivity contribution in [3.05, 3.63) is 65.2 Å². The molecule has 7 heteroatoms. The van der Waals surface area contributed by atoms with Crippen LogP contribution in [0.2, 0.25) is 0 Å². The molecule has 2 N–H and O–H groups in total. The van der Waals surface area contributed by atoms with Crippen molar-refractivity contribution in [2.24, 2.45) is 4.99 Å². The highest BCUT2D eigenvalue weighted by Crippen LogP contribution is 2.37. The van der Waals surface area contributed by atoms with E-state index in [1.165, 1.54) is 4.68 Å². The lowest BCUT2D eigenvalue weighted by Gasteiger charge is -2.12. The number of benzene rings is 2. The molecule has 0 aliphatic carbocycles. The molecule has 0 saturated heterocycles. The summed E-state index contributed by atoms with van der Waals surface area (Å²) >= 11 is 0. The molecule has 7 nitrogen and oxygen atoms in total. The van der Waals surface area contributed by atoms with Crippen LogP contribution in [0.1, 0.15) is 39.6 Å². The second-order valence-corrected chi connectivity index (χ2v) is 7.19. The normalized spacial score (nSPS) is 12.9. The number of nitrogens with one attached hydrogen (secondary N) is 2. The van der Waals surface area contributed by atoms with Crippen molar-refractivity contribution >= 4 is 40.5 Å². The second-order valence-electron chi connectivity index (χ2n) is 7.19. The van der Waals surface area contributed by atoms with Crippen molar-refractivity contribution in [1.29, 1.82) is 0 Å². The van der Waals surface area contributed by atoms with Crippen molar-refractivity contribution < 1.29 is 9.59 Å². The molecule has 1 aromatic heterocycles. The predicted molar refractivity (Wildman–Crippen MR) is 114 cm³/mol. The van der Waals surface area contributed by atoms with Gasteiger partial charge in [-0.25, -0.2) is 4.99 Å². The molecule has 1 amide bonds. The molecule has 1 aliphatic heterocycles. The summed E-state index contributed by atoms with van der Waals surface area (Å²) in [6, 6.07) is 15.0. The Labute approximate surface area is 168 Å². The van der Waals surface area contributed by atoms with E-state index in [4.69, 9.17) is 0 Å². The number of anilines is 3. The highest BCUT2D eigenvalue weighted by molar-refractivity contribution is 6.11. The van der Waals surface area contributed by atoms with E-state index in [0.29, 0.717) is 28.6 Å². The van der Waals surface area contributed by atoms with Gasteiger partial charge in [-0.3, -0.25) is 9.59 Å². The molecule has 0 spiro atoms. The summed E-state index contributed by atoms with van der Waals surface area (Å²) in [6.07, 6.45) is 0.198. The Morgan fingerprint density at radius 1 is 0.966 bits per heavy atom. The quantitative estimate of drug-likeness (QED) is 0.683. The molecule has 0 unspecified atom stereocenters. The highest BCUT2D eigenvalue weighted by atomic mass is 16.2. The number of nitrogens with zero attached hydrogens (tertiary/aromatic N) is 3. The lowest BCUT2D eigenvalue weighted by Crippen LogP contribution is -2.19. The molecule has 1 aliphatic rings. The van der Waals surface area contributed by atoms with E-state index in [2.05, 4.69) is 20.7 Å². The van der Waals surface area contributed by atoms with Gasteiger partial charge in [-0.05, 0) is 45.0 Å². The first-order valence-corrected chi connectivity index (χ1v) is 9.33. The SMILES string of the molecule is CC1=Nc2c(NC(=O)c3ccc(C)cc3)c(Nc3ccc(C)cc3)nn2C(=O)C1. The molecular formula is C22H21N5O2. The smallest absolute Gasteiger partial charge is 0.255 e. The van der Waals surface area contributed by atoms with Crippen LogP contribution in [0.15, 0.2) is 53.5 Å². The van der Waals surface area contributed by atoms with Gasteiger partial charge in [0.1, 0.15) is 5.69 Å². The van der Waals surface area contributed by atoms with Crippen molar-refractivity contribution in [1.82, 2.24) is 9.78 Å². The van der Waals surface area contributed by atoms with E-state index in [-0.39, 0.29) is 18.2 Å². The van der Waals surface area contributed by atoms with Gasteiger partial charge in [-0.2, -0.15) is 4.68 Å². The van der Waals surface area contributed by atoms with Crippen LogP contribution < -0.4 is 10.6 Å². The van der Waals surface area contributed by atoms with Crippen LogP contribution in [0.25, 0.3) is 0 Å². The minimum absolute atomic E-state index is 0.185. The zero-order chi connectivity index (χ0) is 20.5. The average molecular weight is 387 g/mol. The Bertz CT molecular complexity index is 1130. The van der Waals surface area contributed by atoms with Crippen LogP contribution in [0.3, 0.4) is 0 Å². The first-order valence-electron chi connectivity index (χ1n) is 9.33. The monoisotopic (exact) mass is 387 g/mol. The number of aryl methyl sites for hydroxylation is 2. The van der Waals surface area contributed by atoms with Crippen molar-refractivity contribution in [2.75, 3.05) is 10.6 Å². The lowest BCUT2D eigenvalue weighted by atomic mass is 10.1. The minimum atomic E-state index is -0.293. The number of carbonyl (C=O) groups excluding carboxylic acids is 2. The summed E-state index contributed by atoms with van der Waals surface area (Å²) in [6.45, 7) is 5.75. The first kappa shape index (κ1) is 18.6. The van der Waals surface area contributed by atoms with Crippen LogP contribution in [0.5, 0.6) is 0 Å². The fourth-order valence-electron chi connectivity index (χ4n) is 3.07. The third-order valence-corrected chi connectivity index (χ3v) is 4.67. The minimum Gasteiger partial charge on any atom is -0.337 e. The van der Waals surface area contributed by atoms with Crippen LogP contribution in [0.4, 0.5) is 23.0 Å². The Morgan fingerprint density at radius 3 is 2.24 bits per heavy atom. The Balaban J connectivity index is 1.74. The molecule has 146 valence electrons. The van der Waals surface area contributed by atoms with Gasteiger partial charge in [0, 0.05) is 17.0 Å². The molecule has 0 saturated carbocycles. The van der Waals surface area contributed by atoms with Gasteiger partial charge in [0.25, 0.3) is 11.8 Å². The summed E-state index contributed by atoms with van der Waals surface area (Å²) in [7, 11) is 0. The van der Waals surface area contributed by atoms with Gasteiger partial charge < -0.3 is 10.6 Å². The molecule has 2 aromatic carbocycles. The number of aliphatic imine (C=N–C) groups is 1. The fraction of sp³-hybridized carbons (Fsp3) is 0.182. The Kier molecular flexibility index (Phi) is 4.72. The molecule has 29 heavy (non-hydrogen) atoms. The molecule has 4 rings (SSSR count). The maximum atomic E-state index is 12.8. The number of carbonyl (C=O) groups is 2. The van der Waals surface area contributed by atoms with Gasteiger partial charge in [0.05, 0.1) is 6.42 Å². The van der Waals surface area contributed by atoms with Crippen LogP contribution in [-0.4, -0.2) is 27.3 Å².